The largest absolute Gasteiger partial charge is 0.376 e. The van der Waals surface area contributed by atoms with E-state index in [1.54, 1.807) is 0 Å². The molecule has 1 atom stereocenters. The van der Waals surface area contributed by atoms with Crippen molar-refractivity contribution < 1.29 is 9.53 Å². The molecule has 1 aliphatic heterocycles. The molecule has 0 bridgehead atoms. The van der Waals surface area contributed by atoms with Crippen LogP contribution in [0.15, 0.2) is 30.3 Å². The molecule has 3 heteroatoms. The molecular weight excluding hydrogens is 190 g/mol. The molecule has 15 heavy (non-hydrogen) atoms. The van der Waals surface area contributed by atoms with Gasteiger partial charge >= 0.3 is 0 Å². The van der Waals surface area contributed by atoms with Crippen LogP contribution in [0.3, 0.4) is 0 Å². The Labute approximate surface area is 89.4 Å². The molecule has 0 unspecified atom stereocenters. The molecule has 1 aromatic rings. The molecular formula is C12H15NO2. The first-order valence-electron chi connectivity index (χ1n) is 5.31. The highest BCUT2D eigenvalue weighted by Crippen LogP contribution is 2.10. The van der Waals surface area contributed by atoms with Crippen molar-refractivity contribution in [1.82, 2.24) is 5.32 Å². The lowest BCUT2D eigenvalue weighted by atomic mass is 10.2. The topological polar surface area (TPSA) is 38.3 Å². The normalized spacial score (nSPS) is 20.1. The van der Waals surface area contributed by atoms with E-state index in [-0.39, 0.29) is 12.0 Å². The number of ether oxygens (including phenoxy) is 1. The fourth-order valence-corrected chi connectivity index (χ4v) is 1.70. The minimum absolute atomic E-state index is 0.0221. The van der Waals surface area contributed by atoms with Gasteiger partial charge in [-0.05, 0) is 25.0 Å². The summed E-state index contributed by atoms with van der Waals surface area (Å²) < 4.78 is 5.42. The van der Waals surface area contributed by atoms with Gasteiger partial charge in [0.1, 0.15) is 0 Å². The summed E-state index contributed by atoms with van der Waals surface area (Å²) in [7, 11) is 0. The summed E-state index contributed by atoms with van der Waals surface area (Å²) in [5.41, 5.74) is 0.704. The lowest BCUT2D eigenvalue weighted by Crippen LogP contribution is -2.31. The Morgan fingerprint density at radius 1 is 1.40 bits per heavy atom. The highest BCUT2D eigenvalue weighted by atomic mass is 16.5. The molecule has 0 aliphatic carbocycles. The Bertz CT molecular complexity index is 318. The lowest BCUT2D eigenvalue weighted by molar-refractivity contribution is 0.0858. The van der Waals surface area contributed by atoms with Gasteiger partial charge in [0.15, 0.2) is 0 Å². The molecule has 1 heterocycles. The number of nitrogens with one attached hydrogen (secondary N) is 1. The molecule has 1 aliphatic rings. The third kappa shape index (κ3) is 2.80. The minimum atomic E-state index is -0.0221. The van der Waals surface area contributed by atoms with Gasteiger partial charge in [0.2, 0.25) is 0 Å². The zero-order valence-electron chi connectivity index (χ0n) is 8.61. The van der Waals surface area contributed by atoms with E-state index >= 15 is 0 Å². The van der Waals surface area contributed by atoms with E-state index in [4.69, 9.17) is 4.74 Å². The first kappa shape index (κ1) is 10.2. The zero-order valence-corrected chi connectivity index (χ0v) is 8.61. The summed E-state index contributed by atoms with van der Waals surface area (Å²) in [6, 6.07) is 9.24. The summed E-state index contributed by atoms with van der Waals surface area (Å²) in [6.07, 6.45) is 2.36. The smallest absolute Gasteiger partial charge is 0.251 e. The summed E-state index contributed by atoms with van der Waals surface area (Å²) in [6.45, 7) is 1.44. The van der Waals surface area contributed by atoms with Crippen LogP contribution in [0.5, 0.6) is 0 Å². The first-order valence-corrected chi connectivity index (χ1v) is 5.31. The van der Waals surface area contributed by atoms with Crippen molar-refractivity contribution in [2.45, 2.75) is 18.9 Å². The average molecular weight is 205 g/mol. The van der Waals surface area contributed by atoms with Gasteiger partial charge in [-0.3, -0.25) is 4.79 Å². The standard InChI is InChI=1S/C12H15NO2/c14-12(10-5-2-1-3-6-10)13-9-11-7-4-8-15-11/h1-3,5-6,11H,4,7-9H2,(H,13,14)/t11-/m0/s1. The Morgan fingerprint density at radius 3 is 2.87 bits per heavy atom. The van der Waals surface area contributed by atoms with Crippen LogP contribution in [0.2, 0.25) is 0 Å². The van der Waals surface area contributed by atoms with Crippen molar-refractivity contribution in [1.29, 1.82) is 0 Å². The molecule has 2 rings (SSSR count). The highest BCUT2D eigenvalue weighted by Gasteiger charge is 2.16. The first-order chi connectivity index (χ1) is 7.36. The fraction of sp³-hybridized carbons (Fsp3) is 0.417. The van der Waals surface area contributed by atoms with Crippen molar-refractivity contribution in [3.63, 3.8) is 0 Å². The summed E-state index contributed by atoms with van der Waals surface area (Å²) in [5.74, 6) is -0.0221. The van der Waals surface area contributed by atoms with Crippen LogP contribution in [0.25, 0.3) is 0 Å². The molecule has 1 fully saturated rings. The van der Waals surface area contributed by atoms with Crippen LogP contribution < -0.4 is 5.32 Å². The van der Waals surface area contributed by atoms with Crippen LogP contribution in [-0.4, -0.2) is 25.2 Å². The number of amides is 1. The molecule has 1 aromatic carbocycles. The Morgan fingerprint density at radius 2 is 2.20 bits per heavy atom. The van der Waals surface area contributed by atoms with E-state index < -0.39 is 0 Å². The van der Waals surface area contributed by atoms with Crippen molar-refractivity contribution in [2.75, 3.05) is 13.2 Å². The van der Waals surface area contributed by atoms with Crippen molar-refractivity contribution in [2.24, 2.45) is 0 Å². The molecule has 1 N–H and O–H groups in total. The summed E-state index contributed by atoms with van der Waals surface area (Å²) >= 11 is 0. The number of benzene rings is 1. The third-order valence-corrected chi connectivity index (χ3v) is 2.55. The molecule has 0 radical (unpaired) electrons. The fourth-order valence-electron chi connectivity index (χ4n) is 1.70. The Hall–Kier alpha value is -1.35. The second-order valence-electron chi connectivity index (χ2n) is 3.71. The number of carbonyl (C=O) groups excluding carboxylic acids is 1. The number of hydrogen-bond acceptors (Lipinski definition) is 2. The second kappa shape index (κ2) is 4.94. The van der Waals surface area contributed by atoms with Gasteiger partial charge in [-0.2, -0.15) is 0 Å². The Kier molecular flexibility index (Phi) is 3.35. The van der Waals surface area contributed by atoms with E-state index in [0.29, 0.717) is 12.1 Å². The molecule has 0 saturated carbocycles. The van der Waals surface area contributed by atoms with Crippen LogP contribution in [-0.2, 0) is 4.74 Å². The van der Waals surface area contributed by atoms with Crippen LogP contribution in [0.1, 0.15) is 23.2 Å². The average Bonchev–Trinajstić information content (AvgIpc) is 2.80. The van der Waals surface area contributed by atoms with Crippen LogP contribution >= 0.6 is 0 Å². The van der Waals surface area contributed by atoms with Gasteiger partial charge in [-0.15, -0.1) is 0 Å². The van der Waals surface area contributed by atoms with Crippen molar-refractivity contribution >= 4 is 5.91 Å². The number of hydrogen-bond donors (Lipinski definition) is 1. The van der Waals surface area contributed by atoms with Gasteiger partial charge < -0.3 is 10.1 Å². The van der Waals surface area contributed by atoms with E-state index in [9.17, 15) is 4.79 Å². The van der Waals surface area contributed by atoms with Gasteiger partial charge in [0.25, 0.3) is 5.91 Å². The Balaban J connectivity index is 1.82. The zero-order chi connectivity index (χ0) is 10.5. The van der Waals surface area contributed by atoms with E-state index in [0.717, 1.165) is 19.4 Å². The predicted octanol–water partition coefficient (Wildman–Crippen LogP) is 1.60. The summed E-state index contributed by atoms with van der Waals surface area (Å²) in [5, 5.41) is 2.88. The maximum Gasteiger partial charge on any atom is 0.251 e. The number of carbonyl (C=O) groups is 1. The third-order valence-electron chi connectivity index (χ3n) is 2.55. The minimum Gasteiger partial charge on any atom is -0.376 e. The maximum absolute atomic E-state index is 11.6. The predicted molar refractivity (Wildman–Crippen MR) is 57.7 cm³/mol. The summed E-state index contributed by atoms with van der Waals surface area (Å²) in [4.78, 5) is 11.6. The molecule has 0 spiro atoms. The highest BCUT2D eigenvalue weighted by molar-refractivity contribution is 5.94. The van der Waals surface area contributed by atoms with Crippen LogP contribution in [0, 0.1) is 0 Å². The van der Waals surface area contributed by atoms with Crippen molar-refractivity contribution in [3.8, 4) is 0 Å². The molecule has 0 aromatic heterocycles. The second-order valence-corrected chi connectivity index (χ2v) is 3.71. The van der Waals surface area contributed by atoms with E-state index in [1.807, 2.05) is 30.3 Å². The molecule has 80 valence electrons. The lowest BCUT2D eigenvalue weighted by Gasteiger charge is -2.10. The molecule has 1 amide bonds. The van der Waals surface area contributed by atoms with Crippen molar-refractivity contribution in [3.05, 3.63) is 35.9 Å². The quantitative estimate of drug-likeness (QED) is 0.813. The van der Waals surface area contributed by atoms with E-state index in [2.05, 4.69) is 5.32 Å². The molecule has 1 saturated heterocycles. The van der Waals surface area contributed by atoms with Gasteiger partial charge in [-0.25, -0.2) is 0 Å². The van der Waals surface area contributed by atoms with E-state index in [1.165, 1.54) is 0 Å². The van der Waals surface area contributed by atoms with Gasteiger partial charge in [0.05, 0.1) is 6.10 Å². The molecule has 3 nitrogen and oxygen atoms in total. The van der Waals surface area contributed by atoms with Gasteiger partial charge in [0, 0.05) is 18.7 Å². The SMILES string of the molecule is O=C(NC[C@@H]1CCCO1)c1ccccc1. The number of rotatable bonds is 3. The van der Waals surface area contributed by atoms with Crippen LogP contribution in [0.4, 0.5) is 0 Å². The maximum atomic E-state index is 11.6. The van der Waals surface area contributed by atoms with Gasteiger partial charge in [-0.1, -0.05) is 18.2 Å². The monoisotopic (exact) mass is 205 g/mol.